The van der Waals surface area contributed by atoms with E-state index in [0.29, 0.717) is 6.54 Å². The highest BCUT2D eigenvalue weighted by atomic mass is 16.2. The first-order chi connectivity index (χ1) is 13.2. The van der Waals surface area contributed by atoms with Crippen LogP contribution in [0.25, 0.3) is 10.9 Å². The van der Waals surface area contributed by atoms with E-state index >= 15 is 0 Å². The monoisotopic (exact) mass is 359 g/mol. The molecule has 1 saturated heterocycles. The third-order valence-corrected chi connectivity index (χ3v) is 5.03. The largest absolute Gasteiger partial charge is 0.326 e. The van der Waals surface area contributed by atoms with E-state index in [-0.39, 0.29) is 24.2 Å². The highest BCUT2D eigenvalue weighted by molar-refractivity contribution is 6.07. The Bertz CT molecular complexity index is 993. The van der Waals surface area contributed by atoms with Crippen molar-refractivity contribution in [2.75, 3.05) is 16.8 Å². The van der Waals surface area contributed by atoms with Gasteiger partial charge in [-0.25, -0.2) is 0 Å². The second-order valence-electron chi connectivity index (χ2n) is 6.80. The van der Waals surface area contributed by atoms with Gasteiger partial charge in [-0.2, -0.15) is 0 Å². The van der Waals surface area contributed by atoms with Gasteiger partial charge in [0.05, 0.1) is 17.1 Å². The van der Waals surface area contributed by atoms with Gasteiger partial charge in [-0.3, -0.25) is 14.6 Å². The lowest BCUT2D eigenvalue weighted by molar-refractivity contribution is -0.122. The minimum Gasteiger partial charge on any atom is -0.326 e. The topological polar surface area (TPSA) is 62.3 Å². The van der Waals surface area contributed by atoms with Crippen molar-refractivity contribution in [1.29, 1.82) is 0 Å². The number of hydrogen-bond acceptors (Lipinski definition) is 3. The molecule has 0 saturated carbocycles. The summed E-state index contributed by atoms with van der Waals surface area (Å²) in [6.45, 7) is 2.46. The van der Waals surface area contributed by atoms with Crippen LogP contribution in [-0.4, -0.2) is 23.3 Å². The van der Waals surface area contributed by atoms with E-state index in [1.807, 2.05) is 54.6 Å². The fourth-order valence-electron chi connectivity index (χ4n) is 3.49. The molecule has 0 bridgehead atoms. The van der Waals surface area contributed by atoms with Crippen molar-refractivity contribution in [2.45, 2.75) is 19.8 Å². The SMILES string of the molecule is CCc1ccc(NC(=O)C2CC(=O)N(c3cccc4cccnc34)C2)cc1. The highest BCUT2D eigenvalue weighted by Crippen LogP contribution is 2.31. The van der Waals surface area contributed by atoms with Crippen molar-refractivity contribution in [3.8, 4) is 0 Å². The zero-order valence-corrected chi connectivity index (χ0v) is 15.2. The third kappa shape index (κ3) is 3.40. The number of amides is 2. The molecule has 0 aliphatic carbocycles. The van der Waals surface area contributed by atoms with Crippen LogP contribution in [0.3, 0.4) is 0 Å². The standard InChI is InChI=1S/C22H21N3O2/c1-2-15-8-10-18(11-9-15)24-22(27)17-13-20(26)25(14-17)19-7-3-5-16-6-4-12-23-21(16)19/h3-12,17H,2,13-14H2,1H3,(H,24,27). The van der Waals surface area contributed by atoms with Crippen LogP contribution >= 0.6 is 0 Å². The van der Waals surface area contributed by atoms with Crippen LogP contribution in [0.1, 0.15) is 18.9 Å². The normalized spacial score (nSPS) is 16.7. The van der Waals surface area contributed by atoms with Gasteiger partial charge in [0, 0.05) is 30.2 Å². The second-order valence-corrected chi connectivity index (χ2v) is 6.80. The maximum atomic E-state index is 12.6. The molecule has 4 rings (SSSR count). The van der Waals surface area contributed by atoms with Gasteiger partial charge in [0.2, 0.25) is 11.8 Å². The van der Waals surface area contributed by atoms with Gasteiger partial charge in [0.25, 0.3) is 0 Å². The summed E-state index contributed by atoms with van der Waals surface area (Å²) in [6, 6.07) is 17.4. The number of nitrogens with zero attached hydrogens (tertiary/aromatic N) is 2. The summed E-state index contributed by atoms with van der Waals surface area (Å²) in [5, 5.41) is 3.91. The van der Waals surface area contributed by atoms with Crippen molar-refractivity contribution in [1.82, 2.24) is 4.98 Å². The quantitative estimate of drug-likeness (QED) is 0.771. The van der Waals surface area contributed by atoms with Crippen molar-refractivity contribution in [3.63, 3.8) is 0 Å². The third-order valence-electron chi connectivity index (χ3n) is 5.03. The molecule has 1 atom stereocenters. The molecule has 1 aliphatic heterocycles. The minimum absolute atomic E-state index is 0.0466. The molecule has 0 spiro atoms. The van der Waals surface area contributed by atoms with Crippen LogP contribution in [0.2, 0.25) is 0 Å². The summed E-state index contributed by atoms with van der Waals surface area (Å²) < 4.78 is 0. The predicted octanol–water partition coefficient (Wildman–Crippen LogP) is 3.79. The van der Waals surface area contributed by atoms with Gasteiger partial charge in [-0.15, -0.1) is 0 Å². The molecule has 2 aromatic carbocycles. The molecule has 1 fully saturated rings. The number of aromatic nitrogens is 1. The number of fused-ring (bicyclic) bond motifs is 1. The minimum atomic E-state index is -0.373. The fourth-order valence-corrected chi connectivity index (χ4v) is 3.49. The van der Waals surface area contributed by atoms with Crippen LogP contribution in [0, 0.1) is 5.92 Å². The van der Waals surface area contributed by atoms with Crippen LogP contribution in [0.15, 0.2) is 60.8 Å². The van der Waals surface area contributed by atoms with Crippen molar-refractivity contribution >= 4 is 34.1 Å². The number of pyridine rings is 1. The fraction of sp³-hybridized carbons (Fsp3) is 0.227. The Morgan fingerprint density at radius 3 is 2.70 bits per heavy atom. The van der Waals surface area contributed by atoms with Crippen LogP contribution < -0.4 is 10.2 Å². The average Bonchev–Trinajstić information content (AvgIpc) is 3.10. The van der Waals surface area contributed by atoms with E-state index in [4.69, 9.17) is 0 Å². The van der Waals surface area contributed by atoms with Gasteiger partial charge < -0.3 is 10.2 Å². The summed E-state index contributed by atoms with van der Waals surface area (Å²) in [5.74, 6) is -0.541. The Labute approximate surface area is 158 Å². The van der Waals surface area contributed by atoms with E-state index in [2.05, 4.69) is 17.2 Å². The zero-order valence-electron chi connectivity index (χ0n) is 15.2. The maximum absolute atomic E-state index is 12.6. The number of carbonyl (C=O) groups is 2. The first-order valence-electron chi connectivity index (χ1n) is 9.19. The van der Waals surface area contributed by atoms with Crippen molar-refractivity contribution in [2.24, 2.45) is 5.92 Å². The predicted molar refractivity (Wildman–Crippen MR) is 107 cm³/mol. The van der Waals surface area contributed by atoms with Gasteiger partial charge in [0.1, 0.15) is 0 Å². The number of carbonyl (C=O) groups excluding carboxylic acids is 2. The molecule has 1 unspecified atom stereocenters. The van der Waals surface area contributed by atoms with E-state index in [0.717, 1.165) is 28.7 Å². The number of aryl methyl sites for hydroxylation is 1. The molecule has 136 valence electrons. The molecule has 2 heterocycles. The lowest BCUT2D eigenvalue weighted by Crippen LogP contribution is -2.28. The summed E-state index contributed by atoms with van der Waals surface area (Å²) >= 11 is 0. The molecule has 5 heteroatoms. The van der Waals surface area contributed by atoms with Crippen LogP contribution in [0.5, 0.6) is 0 Å². The number of anilines is 2. The summed E-state index contributed by atoms with van der Waals surface area (Å²) in [4.78, 5) is 31.3. The Morgan fingerprint density at radius 2 is 1.93 bits per heavy atom. The second kappa shape index (κ2) is 7.19. The smallest absolute Gasteiger partial charge is 0.229 e. The first-order valence-corrected chi connectivity index (χ1v) is 9.19. The molecule has 2 amide bonds. The zero-order chi connectivity index (χ0) is 18.8. The van der Waals surface area contributed by atoms with Crippen molar-refractivity contribution < 1.29 is 9.59 Å². The van der Waals surface area contributed by atoms with Gasteiger partial charge in [-0.1, -0.05) is 37.3 Å². The molecule has 0 radical (unpaired) electrons. The number of rotatable bonds is 4. The lowest BCUT2D eigenvalue weighted by atomic mass is 10.1. The van der Waals surface area contributed by atoms with E-state index in [1.54, 1.807) is 11.1 Å². The Morgan fingerprint density at radius 1 is 1.15 bits per heavy atom. The number of hydrogen-bond donors (Lipinski definition) is 1. The van der Waals surface area contributed by atoms with Gasteiger partial charge in [-0.05, 0) is 36.2 Å². The first kappa shape index (κ1) is 17.2. The number of para-hydroxylation sites is 1. The lowest BCUT2D eigenvalue weighted by Gasteiger charge is -2.18. The molecular weight excluding hydrogens is 338 g/mol. The maximum Gasteiger partial charge on any atom is 0.229 e. The Kier molecular flexibility index (Phi) is 4.59. The molecular formula is C22H21N3O2. The molecule has 27 heavy (non-hydrogen) atoms. The number of nitrogens with one attached hydrogen (secondary N) is 1. The highest BCUT2D eigenvalue weighted by Gasteiger charge is 2.36. The molecule has 1 aliphatic rings. The Balaban J connectivity index is 1.52. The van der Waals surface area contributed by atoms with E-state index < -0.39 is 0 Å². The molecule has 1 aromatic heterocycles. The molecule has 1 N–H and O–H groups in total. The summed E-state index contributed by atoms with van der Waals surface area (Å²) in [6.07, 6.45) is 2.89. The summed E-state index contributed by atoms with van der Waals surface area (Å²) in [5.41, 5.74) is 3.53. The van der Waals surface area contributed by atoms with Crippen LogP contribution in [0.4, 0.5) is 11.4 Å². The molecule has 5 nitrogen and oxygen atoms in total. The average molecular weight is 359 g/mol. The van der Waals surface area contributed by atoms with Crippen molar-refractivity contribution in [3.05, 3.63) is 66.4 Å². The van der Waals surface area contributed by atoms with Gasteiger partial charge in [0.15, 0.2) is 0 Å². The number of benzene rings is 2. The van der Waals surface area contributed by atoms with Gasteiger partial charge >= 0.3 is 0 Å². The Hall–Kier alpha value is -3.21. The van der Waals surface area contributed by atoms with E-state index in [1.165, 1.54) is 5.56 Å². The summed E-state index contributed by atoms with van der Waals surface area (Å²) in [7, 11) is 0. The van der Waals surface area contributed by atoms with Crippen LogP contribution in [-0.2, 0) is 16.0 Å². The molecule has 3 aromatic rings. The van der Waals surface area contributed by atoms with E-state index in [9.17, 15) is 9.59 Å².